The fourth-order valence-corrected chi connectivity index (χ4v) is 8.37. The lowest BCUT2D eigenvalue weighted by molar-refractivity contribution is -0.121. The molecule has 7 aromatic rings. The van der Waals surface area contributed by atoms with Crippen LogP contribution in [0.1, 0.15) is 148 Å². The van der Waals surface area contributed by atoms with Gasteiger partial charge in [0, 0.05) is 36.9 Å². The van der Waals surface area contributed by atoms with Gasteiger partial charge in [0.1, 0.15) is 41.2 Å². The van der Waals surface area contributed by atoms with E-state index in [4.69, 9.17) is 38.3 Å². The monoisotopic (exact) mass is 1190 g/mol. The molecule has 0 aliphatic carbocycles. The number of halogens is 1. The molecule has 6 heterocycles. The number of benzene rings is 3. The number of nitrogens with one attached hydrogen (secondary N) is 1. The third-order valence-electron chi connectivity index (χ3n) is 14.0. The van der Waals surface area contributed by atoms with E-state index in [-0.39, 0.29) is 30.2 Å². The van der Waals surface area contributed by atoms with E-state index in [1.165, 1.54) is 28.7 Å². The van der Waals surface area contributed by atoms with E-state index >= 15 is 0 Å². The smallest absolute Gasteiger partial charge is 0.443 e. The molecule has 0 saturated carbocycles. The van der Waals surface area contributed by atoms with Gasteiger partial charge in [0.2, 0.25) is 0 Å². The van der Waals surface area contributed by atoms with Crippen LogP contribution in [-0.4, -0.2) is 112 Å². The van der Waals surface area contributed by atoms with Crippen LogP contribution in [0.2, 0.25) is 0 Å². The predicted octanol–water partition coefficient (Wildman–Crippen LogP) is 10.8. The molecule has 2 aliphatic heterocycles. The Balaban J connectivity index is 0.000000181. The van der Waals surface area contributed by atoms with Gasteiger partial charge in [0.25, 0.3) is 0 Å². The number of nitrogens with two attached hydrogens (primary N) is 1. The summed E-state index contributed by atoms with van der Waals surface area (Å²) in [6.07, 6.45) is 5.27. The van der Waals surface area contributed by atoms with Crippen LogP contribution in [-0.2, 0) is 48.9 Å². The molecule has 0 spiro atoms. The number of ketones is 3. The van der Waals surface area contributed by atoms with Crippen LogP contribution in [0, 0.1) is 6.92 Å². The number of rotatable bonds is 10. The summed E-state index contributed by atoms with van der Waals surface area (Å²) >= 11 is 3.05. The summed E-state index contributed by atoms with van der Waals surface area (Å²) in [7, 11) is -0.947. The predicted molar refractivity (Wildman–Crippen MR) is 320 cm³/mol. The van der Waals surface area contributed by atoms with Crippen molar-refractivity contribution < 1.29 is 56.6 Å². The number of aromatic amines is 1. The Morgan fingerprint density at radius 2 is 1.12 bits per heavy atom. The van der Waals surface area contributed by atoms with Crippen molar-refractivity contribution in [3.05, 3.63) is 95.2 Å². The van der Waals surface area contributed by atoms with Gasteiger partial charge in [-0.25, -0.2) is 33.7 Å². The number of allylic oxidation sites excluding steroid dienone is 2. The first-order valence-corrected chi connectivity index (χ1v) is 27.8. The molecular weight excluding hydrogens is 1110 g/mol. The minimum atomic E-state index is -0.572. The van der Waals surface area contributed by atoms with E-state index in [9.17, 15) is 24.0 Å². The van der Waals surface area contributed by atoms with Gasteiger partial charge in [-0.1, -0.05) is 23.4 Å². The number of carbonyl (C=O) groups excluding carboxylic acids is 5. The molecule has 0 atom stereocenters. The molecule has 23 heteroatoms. The number of H-pyrrole nitrogens is 1. The highest BCUT2D eigenvalue weighted by Gasteiger charge is 2.53. The van der Waals surface area contributed by atoms with E-state index in [0.717, 1.165) is 44.5 Å². The Hall–Kier alpha value is -6.78. The zero-order valence-corrected chi connectivity index (χ0v) is 52.0. The number of aryl methyl sites for hydroxylation is 2. The molecule has 20 nitrogen and oxygen atoms in total. The molecule has 2 aliphatic rings. The topological polar surface area (TPSA) is 257 Å². The SMILES string of the molecule is CC(=O)CCC(=O)C(Br)=C(C)N.CC(=O)CCc1onc(C)c1-c1ccc2nc[nH]c2c1.CC(C)(C)OC(=O)n1cnc2cc(B3OC(C)(C)C(C)(C)O3)ccc21.CC(C)(C)OC(=O)n1cnc2ccc(B3OC(C)(C)C(C)(C)O3)cc21. The van der Waals surface area contributed by atoms with Gasteiger partial charge in [0.15, 0.2) is 5.78 Å². The van der Waals surface area contributed by atoms with Crippen molar-refractivity contribution in [1.82, 2.24) is 34.2 Å². The fraction of sp³-hybridized carbons (Fsp3) is 0.475. The van der Waals surface area contributed by atoms with Crippen LogP contribution >= 0.6 is 15.9 Å². The molecule has 2 fully saturated rings. The summed E-state index contributed by atoms with van der Waals surface area (Å²) in [5.74, 6) is 0.800. The van der Waals surface area contributed by atoms with E-state index in [1.54, 1.807) is 20.2 Å². The molecule has 4 aromatic heterocycles. The first kappa shape index (κ1) is 64.4. The fourth-order valence-electron chi connectivity index (χ4n) is 8.18. The van der Waals surface area contributed by atoms with Crippen molar-refractivity contribution in [2.75, 3.05) is 0 Å². The lowest BCUT2D eigenvalue weighted by Gasteiger charge is -2.32. The second-order valence-corrected chi connectivity index (χ2v) is 25.2. The second kappa shape index (κ2) is 25.0. The Kier molecular flexibility index (Phi) is 19.6. The van der Waals surface area contributed by atoms with Gasteiger partial charge in [-0.2, -0.15) is 0 Å². The quantitative estimate of drug-likeness (QED) is 0.0953. The molecule has 0 unspecified atom stereocenters. The lowest BCUT2D eigenvalue weighted by atomic mass is 9.79. The van der Waals surface area contributed by atoms with E-state index in [0.29, 0.717) is 45.1 Å². The molecule has 0 amide bonds. The molecule has 9 rings (SSSR count). The maximum Gasteiger partial charge on any atom is 0.494 e. The molecule has 3 aromatic carbocycles. The van der Waals surface area contributed by atoms with E-state index < -0.39 is 60.0 Å². The van der Waals surface area contributed by atoms with Crippen molar-refractivity contribution >= 4 is 104 Å². The molecule has 438 valence electrons. The molecule has 3 N–H and O–H groups in total. The maximum absolute atomic E-state index is 12.4. The third kappa shape index (κ3) is 15.9. The van der Waals surface area contributed by atoms with Crippen LogP contribution in [0.25, 0.3) is 44.2 Å². The minimum absolute atomic E-state index is 0.0123. The van der Waals surface area contributed by atoms with Crippen LogP contribution in [0.15, 0.2) is 88.3 Å². The number of ether oxygens (including phenoxy) is 2. The molecule has 82 heavy (non-hydrogen) atoms. The number of aromatic nitrogens is 7. The molecule has 2 saturated heterocycles. The summed E-state index contributed by atoms with van der Waals surface area (Å²) < 4.78 is 43.7. The highest BCUT2D eigenvalue weighted by atomic mass is 79.9. The summed E-state index contributed by atoms with van der Waals surface area (Å²) in [5, 5.41) is 4.03. The van der Waals surface area contributed by atoms with Gasteiger partial charge in [-0.3, -0.25) is 4.79 Å². The second-order valence-electron chi connectivity index (χ2n) is 24.4. The standard InChI is InChI=1S/2C18H25BN2O4.C15H15N3O2.C8H12BrNO2/c1-16(2,3)23-15(22)21-11-20-13-10-12(8-9-14(13)21)19-24-17(4,5)18(6,7)25-19;1-16(2,3)23-15(22)21-11-20-13-9-8-12(10-14(13)21)19-24-17(4,5)18(6,7)25-19;1-9(19)3-6-14-15(10(2)18-20-14)11-4-5-12-13(7-11)17-8-16-12;1-5(11)3-4-7(12)8(9)6(2)10/h2*8-11H,1-7H3;4-5,7-8H,3,6H2,1-2H3,(H,16,17);3-4,10H2,1-2H3. The largest absolute Gasteiger partial charge is 0.494 e. The first-order valence-electron chi connectivity index (χ1n) is 27.0. The highest BCUT2D eigenvalue weighted by molar-refractivity contribution is 9.12. The van der Waals surface area contributed by atoms with Crippen molar-refractivity contribution in [3.63, 3.8) is 0 Å². The van der Waals surface area contributed by atoms with Crippen LogP contribution in [0.4, 0.5) is 9.59 Å². The lowest BCUT2D eigenvalue weighted by Crippen LogP contribution is -2.41. The van der Waals surface area contributed by atoms with Crippen LogP contribution < -0.4 is 16.7 Å². The summed E-state index contributed by atoms with van der Waals surface area (Å²) in [5.41, 5.74) is 12.3. The minimum Gasteiger partial charge on any atom is -0.443 e. The Morgan fingerprint density at radius 1 is 0.634 bits per heavy atom. The van der Waals surface area contributed by atoms with E-state index in [2.05, 4.69) is 41.0 Å². The summed E-state index contributed by atoms with van der Waals surface area (Å²) in [6.45, 7) is 33.7. The van der Waals surface area contributed by atoms with Gasteiger partial charge in [0.05, 0.1) is 72.0 Å². The highest BCUT2D eigenvalue weighted by Crippen LogP contribution is 2.38. The third-order valence-corrected chi connectivity index (χ3v) is 15.1. The van der Waals surface area contributed by atoms with Gasteiger partial charge in [-0.05, 0) is 193 Å². The molecule has 0 bridgehead atoms. The number of fused-ring (bicyclic) bond motifs is 3. The van der Waals surface area contributed by atoms with Crippen molar-refractivity contribution in [2.45, 2.75) is 184 Å². The zero-order valence-electron chi connectivity index (χ0n) is 50.4. The average Bonchev–Trinajstić information content (AvgIpc) is 4.40. The van der Waals surface area contributed by atoms with Crippen LogP contribution in [0.3, 0.4) is 0 Å². The van der Waals surface area contributed by atoms with Crippen molar-refractivity contribution in [3.8, 4) is 11.1 Å². The normalized spacial score (nSPS) is 16.3. The van der Waals surface area contributed by atoms with Gasteiger partial charge in [-0.15, -0.1) is 0 Å². The summed E-state index contributed by atoms with van der Waals surface area (Å²) in [6, 6.07) is 17.3. The van der Waals surface area contributed by atoms with Gasteiger partial charge < -0.3 is 52.9 Å². The zero-order chi connectivity index (χ0) is 61.1. The van der Waals surface area contributed by atoms with Crippen molar-refractivity contribution in [1.29, 1.82) is 0 Å². The Morgan fingerprint density at radius 3 is 1.63 bits per heavy atom. The summed E-state index contributed by atoms with van der Waals surface area (Å²) in [4.78, 5) is 73.4. The Bertz CT molecular complexity index is 3490. The van der Waals surface area contributed by atoms with Crippen molar-refractivity contribution in [2.24, 2.45) is 5.73 Å². The number of Topliss-reactive ketones (excluding diaryl/α,β-unsaturated/α-hetero) is 3. The van der Waals surface area contributed by atoms with Crippen LogP contribution in [0.5, 0.6) is 0 Å². The number of nitrogens with zero attached hydrogens (tertiary/aromatic N) is 6. The van der Waals surface area contributed by atoms with E-state index in [1.807, 2.05) is 158 Å². The Labute approximate surface area is 488 Å². The van der Waals surface area contributed by atoms with Gasteiger partial charge >= 0.3 is 26.4 Å². The average molecular weight is 1190 g/mol. The number of imidazole rings is 3. The molecule has 0 radical (unpaired) electrons. The number of carbonyl (C=O) groups is 5. The first-order chi connectivity index (χ1) is 37.9. The maximum atomic E-state index is 12.4. The molecular formula is C59H77B2BrN8O12. The number of hydrogen-bond donors (Lipinski definition) is 2. The number of hydrogen-bond acceptors (Lipinski definition) is 17.